The lowest BCUT2D eigenvalue weighted by Gasteiger charge is -2.10. The molecule has 7 nitrogen and oxygen atoms in total. The Bertz CT molecular complexity index is 2250. The van der Waals surface area contributed by atoms with Crippen molar-refractivity contribution in [3.63, 3.8) is 0 Å². The van der Waals surface area contributed by atoms with Gasteiger partial charge in [0, 0.05) is 46.3 Å². The van der Waals surface area contributed by atoms with E-state index in [1.807, 2.05) is 91.5 Å². The number of pyridine rings is 5. The summed E-state index contributed by atoms with van der Waals surface area (Å²) in [7, 11) is 0. The molecule has 2 aromatic carbocycles. The summed E-state index contributed by atoms with van der Waals surface area (Å²) in [4.78, 5) is 24.0. The van der Waals surface area contributed by atoms with Crippen molar-refractivity contribution < 1.29 is 0 Å². The number of benzene rings is 2. The van der Waals surface area contributed by atoms with Gasteiger partial charge in [0.25, 0.3) is 0 Å². The molecule has 44 heavy (non-hydrogen) atoms. The molecule has 0 aliphatic heterocycles. The summed E-state index contributed by atoms with van der Waals surface area (Å²) in [6, 6.07) is 38.9. The van der Waals surface area contributed by atoms with Crippen LogP contribution < -0.4 is 0 Å². The maximum absolute atomic E-state index is 5.10. The highest BCUT2D eigenvalue weighted by atomic mass is 15.1. The highest BCUT2D eigenvalue weighted by Gasteiger charge is 2.16. The summed E-state index contributed by atoms with van der Waals surface area (Å²) in [6.45, 7) is 0. The Kier molecular flexibility index (Phi) is 5.36. The molecule has 9 aromatic rings. The lowest BCUT2D eigenvalue weighted by Crippen LogP contribution is -2.00. The van der Waals surface area contributed by atoms with Crippen molar-refractivity contribution in [3.8, 4) is 34.4 Å². The molecule has 0 aliphatic carbocycles. The van der Waals surface area contributed by atoms with Crippen LogP contribution in [0.2, 0.25) is 0 Å². The zero-order valence-electron chi connectivity index (χ0n) is 23.4. The highest BCUT2D eigenvalue weighted by molar-refractivity contribution is 6.09. The Hall–Kier alpha value is -6.21. The van der Waals surface area contributed by atoms with Crippen molar-refractivity contribution in [2.24, 2.45) is 0 Å². The van der Waals surface area contributed by atoms with Crippen molar-refractivity contribution in [3.05, 3.63) is 140 Å². The van der Waals surface area contributed by atoms with E-state index in [1.165, 1.54) is 0 Å². The van der Waals surface area contributed by atoms with E-state index in [1.54, 1.807) is 0 Å². The molecule has 0 atom stereocenters. The molecule has 0 N–H and O–H groups in total. The van der Waals surface area contributed by atoms with Crippen LogP contribution in [0.25, 0.3) is 78.0 Å². The number of hydrogen-bond donors (Lipinski definition) is 0. The summed E-state index contributed by atoms with van der Waals surface area (Å²) in [5, 5.41) is 4.49. The standard InChI is InChI=1S/C37H23N7/c1-3-14-32-24(8-1)26-22-38-20-18-34(26)43(32)36-16-6-12-30(41-36)28-10-5-11-29(40-28)31-13-7-17-37(42-31)44-33-15-4-2-9-25(33)27-23-39-21-19-35(27)44/h1-23H. The number of aromatic nitrogens is 7. The predicted octanol–water partition coefficient (Wildman–Crippen LogP) is 8.19. The number of nitrogens with zero attached hydrogens (tertiary/aromatic N) is 7. The normalized spacial score (nSPS) is 11.6. The molecule has 7 heterocycles. The van der Waals surface area contributed by atoms with Gasteiger partial charge < -0.3 is 0 Å². The van der Waals surface area contributed by atoms with Crippen LogP contribution in [0.3, 0.4) is 0 Å². The first-order chi connectivity index (χ1) is 21.8. The summed E-state index contributed by atoms with van der Waals surface area (Å²) < 4.78 is 4.37. The maximum atomic E-state index is 5.10. The van der Waals surface area contributed by atoms with Crippen molar-refractivity contribution in [2.45, 2.75) is 0 Å². The highest BCUT2D eigenvalue weighted by Crippen LogP contribution is 2.33. The van der Waals surface area contributed by atoms with Crippen LogP contribution in [0.5, 0.6) is 0 Å². The molecule has 0 radical (unpaired) electrons. The fourth-order valence-corrected chi connectivity index (χ4v) is 6.23. The first-order valence-electron chi connectivity index (χ1n) is 14.4. The van der Waals surface area contributed by atoms with E-state index < -0.39 is 0 Å². The third kappa shape index (κ3) is 3.73. The Morgan fingerprint density at radius 1 is 0.341 bits per heavy atom. The van der Waals surface area contributed by atoms with Gasteiger partial charge in [-0.15, -0.1) is 0 Å². The van der Waals surface area contributed by atoms with Crippen LogP contribution in [0.4, 0.5) is 0 Å². The van der Waals surface area contributed by atoms with E-state index in [-0.39, 0.29) is 0 Å². The third-order valence-electron chi connectivity index (χ3n) is 8.15. The van der Waals surface area contributed by atoms with Crippen LogP contribution in [0, 0.1) is 0 Å². The monoisotopic (exact) mass is 565 g/mol. The lowest BCUT2D eigenvalue weighted by molar-refractivity contribution is 1.07. The molecular formula is C37H23N7. The molecule has 0 fully saturated rings. The number of hydrogen-bond acceptors (Lipinski definition) is 5. The smallest absolute Gasteiger partial charge is 0.138 e. The maximum Gasteiger partial charge on any atom is 0.138 e. The molecule has 0 bridgehead atoms. The zero-order valence-corrected chi connectivity index (χ0v) is 23.4. The molecule has 7 aromatic heterocycles. The molecule has 206 valence electrons. The Labute approximate surface area is 251 Å². The summed E-state index contributed by atoms with van der Waals surface area (Å²) >= 11 is 0. The average Bonchev–Trinajstić information content (AvgIpc) is 3.62. The van der Waals surface area contributed by atoms with Crippen LogP contribution in [-0.2, 0) is 0 Å². The van der Waals surface area contributed by atoms with Crippen LogP contribution in [0.15, 0.2) is 140 Å². The lowest BCUT2D eigenvalue weighted by atomic mass is 10.2. The predicted molar refractivity (Wildman–Crippen MR) is 175 cm³/mol. The summed E-state index contributed by atoms with van der Waals surface area (Å²) in [5.41, 5.74) is 7.44. The number of rotatable bonds is 4. The van der Waals surface area contributed by atoms with E-state index in [4.69, 9.17) is 15.0 Å². The first kappa shape index (κ1) is 24.4. The Morgan fingerprint density at radius 3 is 1.25 bits per heavy atom. The van der Waals surface area contributed by atoms with Gasteiger partial charge >= 0.3 is 0 Å². The van der Waals surface area contributed by atoms with Gasteiger partial charge in [-0.25, -0.2) is 15.0 Å². The molecular weight excluding hydrogens is 542 g/mol. The van der Waals surface area contributed by atoms with E-state index in [0.717, 1.165) is 78.0 Å². The molecule has 9 rings (SSSR count). The molecule has 0 saturated heterocycles. The van der Waals surface area contributed by atoms with Gasteiger partial charge in [0.1, 0.15) is 11.6 Å². The van der Waals surface area contributed by atoms with Gasteiger partial charge in [0.05, 0.1) is 44.8 Å². The van der Waals surface area contributed by atoms with Crippen LogP contribution in [-0.4, -0.2) is 34.1 Å². The van der Waals surface area contributed by atoms with E-state index >= 15 is 0 Å². The minimum atomic E-state index is 0.780. The quantitative estimate of drug-likeness (QED) is 0.215. The molecule has 0 aliphatic rings. The van der Waals surface area contributed by atoms with Crippen LogP contribution >= 0.6 is 0 Å². The SMILES string of the molecule is c1cc(-c2cccc(-n3c4ccccc4c4cnccc43)n2)nc(-c2cccc(-n3c4ccccc4c4cnccc43)n2)c1. The summed E-state index contributed by atoms with van der Waals surface area (Å²) in [6.07, 6.45) is 7.48. The fourth-order valence-electron chi connectivity index (χ4n) is 6.23. The van der Waals surface area contributed by atoms with Gasteiger partial charge in [0.15, 0.2) is 0 Å². The van der Waals surface area contributed by atoms with Gasteiger partial charge in [-0.1, -0.05) is 54.6 Å². The van der Waals surface area contributed by atoms with E-state index in [9.17, 15) is 0 Å². The molecule has 0 amide bonds. The van der Waals surface area contributed by atoms with Crippen molar-refractivity contribution in [1.82, 2.24) is 34.1 Å². The minimum absolute atomic E-state index is 0.780. The van der Waals surface area contributed by atoms with Gasteiger partial charge in [-0.05, 0) is 60.7 Å². The summed E-state index contributed by atoms with van der Waals surface area (Å²) in [5.74, 6) is 1.65. The van der Waals surface area contributed by atoms with Crippen LogP contribution in [0.1, 0.15) is 0 Å². The van der Waals surface area contributed by atoms with E-state index in [2.05, 4.69) is 67.6 Å². The second-order valence-corrected chi connectivity index (χ2v) is 10.7. The largest absolute Gasteiger partial charge is 0.294 e. The zero-order chi connectivity index (χ0) is 29.0. The van der Waals surface area contributed by atoms with Gasteiger partial charge in [0.2, 0.25) is 0 Å². The topological polar surface area (TPSA) is 74.3 Å². The first-order valence-corrected chi connectivity index (χ1v) is 14.4. The van der Waals surface area contributed by atoms with Gasteiger partial charge in [-0.2, -0.15) is 0 Å². The van der Waals surface area contributed by atoms with Crippen molar-refractivity contribution >= 4 is 43.6 Å². The van der Waals surface area contributed by atoms with E-state index in [0.29, 0.717) is 0 Å². The van der Waals surface area contributed by atoms with Gasteiger partial charge in [-0.3, -0.25) is 19.1 Å². The van der Waals surface area contributed by atoms with Crippen molar-refractivity contribution in [2.75, 3.05) is 0 Å². The number of fused-ring (bicyclic) bond motifs is 6. The van der Waals surface area contributed by atoms with Crippen molar-refractivity contribution in [1.29, 1.82) is 0 Å². The second kappa shape index (κ2) is 9.68. The second-order valence-electron chi connectivity index (χ2n) is 10.7. The third-order valence-corrected chi connectivity index (χ3v) is 8.15. The minimum Gasteiger partial charge on any atom is -0.294 e. The molecule has 7 heteroatoms. The Morgan fingerprint density at radius 2 is 0.750 bits per heavy atom. The average molecular weight is 566 g/mol. The number of para-hydroxylation sites is 2. The molecule has 0 saturated carbocycles. The Balaban J connectivity index is 1.15. The molecule has 0 unspecified atom stereocenters. The molecule has 0 spiro atoms. The fraction of sp³-hybridized carbons (Fsp3) is 0.